The number of carbonyl (C=O) groups is 2. The van der Waals surface area contributed by atoms with Gasteiger partial charge in [0.15, 0.2) is 5.82 Å². The van der Waals surface area contributed by atoms with E-state index in [4.69, 9.17) is 5.11 Å². The van der Waals surface area contributed by atoms with E-state index in [2.05, 4.69) is 10.3 Å². The Bertz CT molecular complexity index is 967. The van der Waals surface area contributed by atoms with Crippen molar-refractivity contribution >= 4 is 29.5 Å². The fourth-order valence-corrected chi connectivity index (χ4v) is 4.08. The summed E-state index contributed by atoms with van der Waals surface area (Å²) in [6.07, 6.45) is 1.70. The van der Waals surface area contributed by atoms with E-state index in [1.165, 1.54) is 11.8 Å². The third-order valence-corrected chi connectivity index (χ3v) is 5.44. The molecule has 0 saturated heterocycles. The van der Waals surface area contributed by atoms with Gasteiger partial charge in [0.1, 0.15) is 6.33 Å². The van der Waals surface area contributed by atoms with Crippen molar-refractivity contribution in [3.63, 3.8) is 0 Å². The van der Waals surface area contributed by atoms with Gasteiger partial charge in [0.05, 0.1) is 22.3 Å². The van der Waals surface area contributed by atoms with Crippen LogP contribution in [-0.4, -0.2) is 32.3 Å². The molecular formula is C19H15N3O3S. The normalized spacial score (nSPS) is 16.5. The molecule has 1 aromatic heterocycles. The van der Waals surface area contributed by atoms with E-state index in [0.29, 0.717) is 11.6 Å². The number of nitrogens with one attached hydrogen (secondary N) is 1. The van der Waals surface area contributed by atoms with Gasteiger partial charge in [0.2, 0.25) is 5.91 Å². The number of para-hydroxylation sites is 1. The van der Waals surface area contributed by atoms with Gasteiger partial charge in [-0.25, -0.2) is 9.78 Å². The molecule has 0 fully saturated rings. The maximum Gasteiger partial charge on any atom is 0.335 e. The van der Waals surface area contributed by atoms with Gasteiger partial charge >= 0.3 is 5.97 Å². The number of anilines is 1. The summed E-state index contributed by atoms with van der Waals surface area (Å²) in [5, 5.41) is 11.8. The molecule has 4 rings (SSSR count). The Kier molecular flexibility index (Phi) is 4.22. The molecule has 1 amide bonds. The summed E-state index contributed by atoms with van der Waals surface area (Å²) in [4.78, 5) is 27.6. The maximum absolute atomic E-state index is 12.1. The van der Waals surface area contributed by atoms with Gasteiger partial charge in [-0.1, -0.05) is 30.3 Å². The molecule has 2 aromatic carbocycles. The van der Waals surface area contributed by atoms with Crippen LogP contribution in [0.5, 0.6) is 0 Å². The van der Waals surface area contributed by atoms with Crippen LogP contribution in [0.4, 0.5) is 5.82 Å². The summed E-state index contributed by atoms with van der Waals surface area (Å²) >= 11 is 1.50. The number of imidazole rings is 1. The minimum absolute atomic E-state index is 0.0979. The molecule has 6 nitrogen and oxygen atoms in total. The molecule has 1 aliphatic rings. The quantitative estimate of drug-likeness (QED) is 0.744. The lowest BCUT2D eigenvalue weighted by Crippen LogP contribution is -2.12. The van der Waals surface area contributed by atoms with Gasteiger partial charge in [-0.15, -0.1) is 11.8 Å². The van der Waals surface area contributed by atoms with Crippen LogP contribution in [0.1, 0.15) is 26.9 Å². The summed E-state index contributed by atoms with van der Waals surface area (Å²) in [6.45, 7) is 0. The number of aromatic nitrogens is 2. The lowest BCUT2D eigenvalue weighted by atomic mass is 10.1. The van der Waals surface area contributed by atoms with E-state index in [1.54, 1.807) is 30.6 Å². The van der Waals surface area contributed by atoms with Gasteiger partial charge in [-0.3, -0.25) is 9.36 Å². The first-order valence-corrected chi connectivity index (χ1v) is 9.06. The average molecular weight is 365 g/mol. The molecular weight excluding hydrogens is 350 g/mol. The molecule has 0 bridgehead atoms. The van der Waals surface area contributed by atoms with Crippen molar-refractivity contribution < 1.29 is 14.7 Å². The predicted octanol–water partition coefficient (Wildman–Crippen LogP) is 3.35. The molecule has 0 radical (unpaired) electrons. The van der Waals surface area contributed by atoms with Crippen LogP contribution < -0.4 is 5.32 Å². The summed E-state index contributed by atoms with van der Waals surface area (Å²) in [6, 6.07) is 16.5. The summed E-state index contributed by atoms with van der Waals surface area (Å²) in [5.74, 6) is -0.219. The lowest BCUT2D eigenvalue weighted by Gasteiger charge is -2.18. The number of thioether (sulfide) groups is 1. The van der Waals surface area contributed by atoms with Crippen LogP contribution in [0.2, 0.25) is 0 Å². The molecule has 2 heterocycles. The van der Waals surface area contributed by atoms with Crippen molar-refractivity contribution in [2.75, 3.05) is 11.1 Å². The molecule has 0 unspecified atom stereocenters. The molecule has 0 spiro atoms. The summed E-state index contributed by atoms with van der Waals surface area (Å²) < 4.78 is 1.96. The third-order valence-electron chi connectivity index (χ3n) is 4.19. The Balaban J connectivity index is 1.83. The average Bonchev–Trinajstić information content (AvgIpc) is 2.98. The summed E-state index contributed by atoms with van der Waals surface area (Å²) in [5.41, 5.74) is 2.98. The van der Waals surface area contributed by atoms with Gasteiger partial charge in [0, 0.05) is 5.69 Å². The fraction of sp³-hybridized carbons (Fsp3) is 0.105. The highest BCUT2D eigenvalue weighted by Crippen LogP contribution is 2.42. The first kappa shape index (κ1) is 16.4. The molecule has 130 valence electrons. The zero-order chi connectivity index (χ0) is 18.1. The van der Waals surface area contributed by atoms with Gasteiger partial charge in [-0.05, 0) is 29.8 Å². The Morgan fingerprint density at radius 3 is 2.58 bits per heavy atom. The number of carboxylic acid groups (broad SMARTS) is 1. The standard InChI is InChI=1S/C19H15N3O3S/c23-15-10-26-17(12-6-8-13(9-7-12)19(24)25)16-18(21-15)20-11-22(16)14-4-2-1-3-5-14/h1-9,11,17H,10H2,(H,21,23)(H,24,25)/t17-/m0/s1. The van der Waals surface area contributed by atoms with Gasteiger partial charge in [0.25, 0.3) is 0 Å². The van der Waals surface area contributed by atoms with Crippen molar-refractivity contribution in [3.8, 4) is 5.69 Å². The predicted molar refractivity (Wildman–Crippen MR) is 99.9 cm³/mol. The molecule has 3 aromatic rings. The Morgan fingerprint density at radius 2 is 1.88 bits per heavy atom. The number of benzene rings is 2. The minimum Gasteiger partial charge on any atom is -0.478 e. The van der Waals surface area contributed by atoms with E-state index in [9.17, 15) is 9.59 Å². The summed E-state index contributed by atoms with van der Waals surface area (Å²) in [7, 11) is 0. The molecule has 1 aliphatic heterocycles. The smallest absolute Gasteiger partial charge is 0.335 e. The fourth-order valence-electron chi connectivity index (χ4n) is 2.96. The number of rotatable bonds is 3. The van der Waals surface area contributed by atoms with Crippen molar-refractivity contribution in [1.82, 2.24) is 9.55 Å². The number of fused-ring (bicyclic) bond motifs is 1. The van der Waals surface area contributed by atoms with E-state index in [-0.39, 0.29) is 16.7 Å². The van der Waals surface area contributed by atoms with E-state index in [0.717, 1.165) is 16.9 Å². The third kappa shape index (κ3) is 2.97. The lowest BCUT2D eigenvalue weighted by molar-refractivity contribution is -0.113. The van der Waals surface area contributed by atoms with Gasteiger partial charge in [-0.2, -0.15) is 0 Å². The van der Waals surface area contributed by atoms with Crippen LogP contribution in [-0.2, 0) is 4.79 Å². The van der Waals surface area contributed by atoms with Crippen LogP contribution in [0.15, 0.2) is 60.9 Å². The molecule has 0 saturated carbocycles. The highest BCUT2D eigenvalue weighted by molar-refractivity contribution is 8.00. The maximum atomic E-state index is 12.1. The number of carboxylic acids is 1. The zero-order valence-electron chi connectivity index (χ0n) is 13.6. The van der Waals surface area contributed by atoms with E-state index < -0.39 is 5.97 Å². The minimum atomic E-state index is -0.961. The van der Waals surface area contributed by atoms with Crippen LogP contribution in [0, 0.1) is 0 Å². The topological polar surface area (TPSA) is 84.2 Å². The second-order valence-corrected chi connectivity index (χ2v) is 6.94. The number of hydrogen-bond acceptors (Lipinski definition) is 4. The largest absolute Gasteiger partial charge is 0.478 e. The second kappa shape index (κ2) is 6.68. The van der Waals surface area contributed by atoms with Crippen LogP contribution in [0.3, 0.4) is 0 Å². The van der Waals surface area contributed by atoms with Crippen molar-refractivity contribution in [2.45, 2.75) is 5.25 Å². The monoisotopic (exact) mass is 365 g/mol. The molecule has 0 aliphatic carbocycles. The zero-order valence-corrected chi connectivity index (χ0v) is 14.4. The molecule has 26 heavy (non-hydrogen) atoms. The van der Waals surface area contributed by atoms with E-state index >= 15 is 0 Å². The number of nitrogens with zero attached hydrogens (tertiary/aromatic N) is 2. The highest BCUT2D eigenvalue weighted by Gasteiger charge is 2.29. The molecule has 1 atom stereocenters. The molecule has 2 N–H and O–H groups in total. The van der Waals surface area contributed by atoms with Crippen molar-refractivity contribution in [1.29, 1.82) is 0 Å². The first-order chi connectivity index (χ1) is 12.6. The number of carbonyl (C=O) groups excluding carboxylic acids is 1. The Hall–Kier alpha value is -3.06. The van der Waals surface area contributed by atoms with E-state index in [1.807, 2.05) is 34.9 Å². The first-order valence-electron chi connectivity index (χ1n) is 8.01. The van der Waals surface area contributed by atoms with Crippen molar-refractivity contribution in [2.24, 2.45) is 0 Å². The highest BCUT2D eigenvalue weighted by atomic mass is 32.2. The SMILES string of the molecule is O=C1CS[C@@H](c2ccc(C(=O)O)cc2)c2c(ncn2-c2ccccc2)N1. The Labute approximate surface area is 153 Å². The van der Waals surface area contributed by atoms with Crippen molar-refractivity contribution in [3.05, 3.63) is 77.7 Å². The number of aromatic carboxylic acids is 1. The molecule has 7 heteroatoms. The number of amides is 1. The van der Waals surface area contributed by atoms with Crippen LogP contribution in [0.25, 0.3) is 5.69 Å². The second-order valence-electron chi connectivity index (χ2n) is 5.85. The number of hydrogen-bond donors (Lipinski definition) is 2. The Morgan fingerprint density at radius 1 is 1.15 bits per heavy atom. The van der Waals surface area contributed by atoms with Crippen LogP contribution >= 0.6 is 11.8 Å². The van der Waals surface area contributed by atoms with Gasteiger partial charge < -0.3 is 10.4 Å².